The van der Waals surface area contributed by atoms with E-state index < -0.39 is 0 Å². The maximum Gasteiger partial charge on any atom is 0.103 e. The summed E-state index contributed by atoms with van der Waals surface area (Å²) in [7, 11) is 1.97. The summed E-state index contributed by atoms with van der Waals surface area (Å²) in [5.41, 5.74) is 1.19. The Balaban J connectivity index is 2.19. The molecule has 2 unspecified atom stereocenters. The molecule has 1 aliphatic heterocycles. The maximum atomic E-state index is 5.82. The van der Waals surface area contributed by atoms with Gasteiger partial charge in [0, 0.05) is 31.1 Å². The van der Waals surface area contributed by atoms with Crippen LogP contribution < -0.4 is 0 Å². The topological polar surface area (TPSA) is 27.1 Å². The molecule has 0 N–H and O–H groups in total. The lowest BCUT2D eigenvalue weighted by molar-refractivity contribution is -0.0246. The predicted molar refractivity (Wildman–Crippen MR) is 58.4 cm³/mol. The molecule has 2 heterocycles. The van der Waals surface area contributed by atoms with Gasteiger partial charge in [-0.25, -0.2) is 0 Å². The van der Waals surface area contributed by atoms with Gasteiger partial charge in [-0.2, -0.15) is 5.10 Å². The highest BCUT2D eigenvalue weighted by Gasteiger charge is 2.28. The SMILES string of the molecule is Cn1nccc1C1OCCCC1CBr. The average molecular weight is 259 g/mol. The zero-order valence-corrected chi connectivity index (χ0v) is 9.90. The third-order valence-corrected chi connectivity index (χ3v) is 3.63. The van der Waals surface area contributed by atoms with Crippen molar-refractivity contribution in [1.82, 2.24) is 9.78 Å². The third-order valence-electron chi connectivity index (χ3n) is 2.79. The van der Waals surface area contributed by atoms with Gasteiger partial charge in [-0.15, -0.1) is 0 Å². The van der Waals surface area contributed by atoms with Gasteiger partial charge in [0.2, 0.25) is 0 Å². The highest BCUT2D eigenvalue weighted by atomic mass is 79.9. The zero-order valence-electron chi connectivity index (χ0n) is 8.32. The molecule has 1 aromatic heterocycles. The number of nitrogens with zero attached hydrogens (tertiary/aromatic N) is 2. The van der Waals surface area contributed by atoms with Crippen LogP contribution in [0, 0.1) is 5.92 Å². The molecule has 0 amide bonds. The molecule has 0 radical (unpaired) electrons. The van der Waals surface area contributed by atoms with Crippen LogP contribution in [-0.4, -0.2) is 21.7 Å². The standard InChI is InChI=1S/C10H15BrN2O/c1-13-9(4-5-12-13)10-8(7-11)3-2-6-14-10/h4-5,8,10H,2-3,6-7H2,1H3. The van der Waals surface area contributed by atoms with E-state index in [-0.39, 0.29) is 6.10 Å². The molecule has 14 heavy (non-hydrogen) atoms. The predicted octanol–water partition coefficient (Wildman–Crippen LogP) is 2.28. The fourth-order valence-corrected chi connectivity index (χ4v) is 2.65. The van der Waals surface area contributed by atoms with Crippen LogP contribution in [0.15, 0.2) is 12.3 Å². The molecule has 1 aliphatic rings. The van der Waals surface area contributed by atoms with E-state index in [1.54, 1.807) is 0 Å². The van der Waals surface area contributed by atoms with Gasteiger partial charge in [0.05, 0.1) is 5.69 Å². The summed E-state index contributed by atoms with van der Waals surface area (Å²) in [6.07, 6.45) is 4.46. The summed E-state index contributed by atoms with van der Waals surface area (Å²) in [6, 6.07) is 2.05. The first-order valence-corrected chi connectivity index (χ1v) is 6.10. The first-order chi connectivity index (χ1) is 6.83. The molecule has 1 saturated heterocycles. The smallest absolute Gasteiger partial charge is 0.103 e. The van der Waals surface area contributed by atoms with Crippen LogP contribution in [0.4, 0.5) is 0 Å². The van der Waals surface area contributed by atoms with E-state index in [0.29, 0.717) is 5.92 Å². The van der Waals surface area contributed by atoms with E-state index in [1.807, 2.05) is 24.0 Å². The summed E-state index contributed by atoms with van der Waals surface area (Å²) in [5.74, 6) is 0.583. The molecule has 0 aromatic carbocycles. The summed E-state index contributed by atoms with van der Waals surface area (Å²) >= 11 is 3.55. The van der Waals surface area contributed by atoms with E-state index in [1.165, 1.54) is 18.5 Å². The van der Waals surface area contributed by atoms with Crippen molar-refractivity contribution >= 4 is 15.9 Å². The minimum absolute atomic E-state index is 0.218. The van der Waals surface area contributed by atoms with Crippen LogP contribution in [0.25, 0.3) is 0 Å². The molecule has 1 aromatic rings. The highest BCUT2D eigenvalue weighted by Crippen LogP contribution is 2.34. The van der Waals surface area contributed by atoms with Gasteiger partial charge in [0.25, 0.3) is 0 Å². The first-order valence-electron chi connectivity index (χ1n) is 4.98. The number of hydrogen-bond donors (Lipinski definition) is 0. The maximum absolute atomic E-state index is 5.82. The van der Waals surface area contributed by atoms with Gasteiger partial charge in [-0.05, 0) is 18.9 Å². The Morgan fingerprint density at radius 1 is 1.71 bits per heavy atom. The van der Waals surface area contributed by atoms with Crippen molar-refractivity contribution in [2.75, 3.05) is 11.9 Å². The molecular weight excluding hydrogens is 244 g/mol. The highest BCUT2D eigenvalue weighted by molar-refractivity contribution is 9.09. The number of alkyl halides is 1. The number of aromatic nitrogens is 2. The Labute approximate surface area is 92.6 Å². The van der Waals surface area contributed by atoms with Gasteiger partial charge in [-0.3, -0.25) is 4.68 Å². The Kier molecular flexibility index (Phi) is 3.23. The minimum atomic E-state index is 0.218. The van der Waals surface area contributed by atoms with Crippen molar-refractivity contribution < 1.29 is 4.74 Å². The lowest BCUT2D eigenvalue weighted by atomic mass is 9.94. The van der Waals surface area contributed by atoms with Crippen LogP contribution in [0.5, 0.6) is 0 Å². The molecule has 4 heteroatoms. The zero-order chi connectivity index (χ0) is 9.97. The lowest BCUT2D eigenvalue weighted by Gasteiger charge is -2.30. The second-order valence-electron chi connectivity index (χ2n) is 3.73. The number of aryl methyl sites for hydroxylation is 1. The fraction of sp³-hybridized carbons (Fsp3) is 0.700. The van der Waals surface area contributed by atoms with E-state index in [4.69, 9.17) is 4.74 Å². The van der Waals surface area contributed by atoms with Gasteiger partial charge < -0.3 is 4.74 Å². The summed E-state index contributed by atoms with van der Waals surface area (Å²) in [5, 5.41) is 5.18. The summed E-state index contributed by atoms with van der Waals surface area (Å²) in [6.45, 7) is 0.874. The Hall–Kier alpha value is -0.350. The normalized spacial score (nSPS) is 27.9. The van der Waals surface area contributed by atoms with Crippen molar-refractivity contribution in [3.05, 3.63) is 18.0 Å². The monoisotopic (exact) mass is 258 g/mol. The molecule has 3 nitrogen and oxygen atoms in total. The van der Waals surface area contributed by atoms with Crippen LogP contribution in [0.1, 0.15) is 24.6 Å². The second-order valence-corrected chi connectivity index (χ2v) is 4.38. The van der Waals surface area contributed by atoms with Crippen molar-refractivity contribution in [2.45, 2.75) is 18.9 Å². The minimum Gasteiger partial charge on any atom is -0.372 e. The summed E-state index contributed by atoms with van der Waals surface area (Å²) < 4.78 is 7.72. The third kappa shape index (κ3) is 1.86. The molecule has 78 valence electrons. The molecular formula is C10H15BrN2O. The van der Waals surface area contributed by atoms with Crippen LogP contribution in [0.2, 0.25) is 0 Å². The Bertz CT molecular complexity index is 300. The molecule has 0 saturated carbocycles. The molecule has 2 rings (SSSR count). The van der Waals surface area contributed by atoms with Gasteiger partial charge in [0.15, 0.2) is 0 Å². The largest absolute Gasteiger partial charge is 0.372 e. The number of rotatable bonds is 2. The molecule has 2 atom stereocenters. The molecule has 0 aliphatic carbocycles. The number of halogens is 1. The van der Waals surface area contributed by atoms with E-state index in [0.717, 1.165) is 11.9 Å². The Morgan fingerprint density at radius 2 is 2.57 bits per heavy atom. The number of ether oxygens (including phenoxy) is 1. The Morgan fingerprint density at radius 3 is 3.21 bits per heavy atom. The molecule has 0 bridgehead atoms. The van der Waals surface area contributed by atoms with Crippen molar-refractivity contribution in [2.24, 2.45) is 13.0 Å². The van der Waals surface area contributed by atoms with Gasteiger partial charge in [-0.1, -0.05) is 15.9 Å². The van der Waals surface area contributed by atoms with E-state index in [2.05, 4.69) is 21.0 Å². The number of hydrogen-bond acceptors (Lipinski definition) is 2. The van der Waals surface area contributed by atoms with Crippen LogP contribution >= 0.6 is 15.9 Å². The van der Waals surface area contributed by atoms with E-state index in [9.17, 15) is 0 Å². The quantitative estimate of drug-likeness (QED) is 0.762. The second kappa shape index (κ2) is 4.45. The van der Waals surface area contributed by atoms with Gasteiger partial charge in [0.1, 0.15) is 6.10 Å². The van der Waals surface area contributed by atoms with Crippen LogP contribution in [-0.2, 0) is 11.8 Å². The average Bonchev–Trinajstić information content (AvgIpc) is 2.64. The van der Waals surface area contributed by atoms with Crippen molar-refractivity contribution in [3.63, 3.8) is 0 Å². The molecule has 1 fully saturated rings. The van der Waals surface area contributed by atoms with Crippen LogP contribution in [0.3, 0.4) is 0 Å². The lowest BCUT2D eigenvalue weighted by Crippen LogP contribution is -2.25. The van der Waals surface area contributed by atoms with Crippen molar-refractivity contribution in [1.29, 1.82) is 0 Å². The molecule has 0 spiro atoms. The van der Waals surface area contributed by atoms with Gasteiger partial charge >= 0.3 is 0 Å². The fourth-order valence-electron chi connectivity index (χ4n) is 1.99. The van der Waals surface area contributed by atoms with Crippen molar-refractivity contribution in [3.8, 4) is 0 Å². The van der Waals surface area contributed by atoms with E-state index >= 15 is 0 Å². The first kappa shape index (κ1) is 10.2. The summed E-state index contributed by atoms with van der Waals surface area (Å²) in [4.78, 5) is 0.